The fourth-order valence-electron chi connectivity index (χ4n) is 5.45. The van der Waals surface area contributed by atoms with Gasteiger partial charge in [-0.3, -0.25) is 4.79 Å². The molecular weight excluding hydrogens is 494 g/mol. The van der Waals surface area contributed by atoms with Crippen molar-refractivity contribution in [2.75, 3.05) is 27.2 Å². The Hall–Kier alpha value is -2.33. The zero-order valence-electron chi connectivity index (χ0n) is 26.3. The van der Waals surface area contributed by atoms with Gasteiger partial charge in [0, 0.05) is 12.0 Å². The Labute approximate surface area is 246 Å². The molecule has 0 aliphatic heterocycles. The molecule has 0 amide bonds. The van der Waals surface area contributed by atoms with Crippen molar-refractivity contribution in [2.24, 2.45) is 5.92 Å². The standard InChI is InChI=1S/C36H58NO3/c1-6-7-8-9-10-11-12-13-14-15-17-20-33-23-25-35(26-24-33)40-32(3)27-28-39-36(38)31(2)29-37(4,5)30-34-21-18-16-19-22-34/h16,18-19,21-26,31-32H,6-15,17,20,27-30H2,1-5H3/q+1. The number of nitrogens with zero attached hydrogens (tertiary/aromatic N) is 1. The van der Waals surface area contributed by atoms with E-state index in [0.29, 0.717) is 13.0 Å². The second-order valence-corrected chi connectivity index (χ2v) is 12.5. The third-order valence-electron chi connectivity index (χ3n) is 7.72. The van der Waals surface area contributed by atoms with E-state index in [1.54, 1.807) is 0 Å². The van der Waals surface area contributed by atoms with Gasteiger partial charge >= 0.3 is 5.97 Å². The predicted molar refractivity (Wildman–Crippen MR) is 169 cm³/mol. The van der Waals surface area contributed by atoms with E-state index in [1.165, 1.54) is 81.8 Å². The summed E-state index contributed by atoms with van der Waals surface area (Å²) in [6.07, 6.45) is 17.0. The predicted octanol–water partition coefficient (Wildman–Crippen LogP) is 9.15. The number of quaternary nitrogens is 1. The van der Waals surface area contributed by atoms with Gasteiger partial charge in [0.25, 0.3) is 0 Å². The van der Waals surface area contributed by atoms with E-state index in [0.717, 1.165) is 29.7 Å². The monoisotopic (exact) mass is 552 g/mol. The maximum atomic E-state index is 12.6. The van der Waals surface area contributed by atoms with Crippen molar-refractivity contribution in [3.8, 4) is 5.75 Å². The van der Waals surface area contributed by atoms with Crippen LogP contribution in [0, 0.1) is 5.92 Å². The van der Waals surface area contributed by atoms with Crippen molar-refractivity contribution in [2.45, 2.75) is 117 Å². The molecule has 0 saturated heterocycles. The first-order chi connectivity index (χ1) is 19.3. The molecule has 0 bridgehead atoms. The molecule has 2 aromatic rings. The van der Waals surface area contributed by atoms with Gasteiger partial charge < -0.3 is 14.0 Å². The molecule has 0 spiro atoms. The van der Waals surface area contributed by atoms with Crippen LogP contribution >= 0.6 is 0 Å². The molecule has 0 N–H and O–H groups in total. The van der Waals surface area contributed by atoms with E-state index < -0.39 is 0 Å². The number of aryl methyl sites for hydroxylation is 1. The van der Waals surface area contributed by atoms with Gasteiger partial charge in [0.15, 0.2) is 0 Å². The van der Waals surface area contributed by atoms with Crippen molar-refractivity contribution in [3.63, 3.8) is 0 Å². The number of benzene rings is 2. The lowest BCUT2D eigenvalue weighted by Crippen LogP contribution is -2.44. The zero-order chi connectivity index (χ0) is 29.1. The number of carbonyl (C=O) groups excluding carboxylic acids is 1. The fraction of sp³-hybridized carbons (Fsp3) is 0.639. The van der Waals surface area contributed by atoms with Crippen LogP contribution in [0.1, 0.15) is 109 Å². The first-order valence-corrected chi connectivity index (χ1v) is 16.1. The van der Waals surface area contributed by atoms with Crippen molar-refractivity contribution >= 4 is 5.97 Å². The molecule has 2 rings (SSSR count). The van der Waals surface area contributed by atoms with Crippen LogP contribution in [0.3, 0.4) is 0 Å². The zero-order valence-corrected chi connectivity index (χ0v) is 26.3. The lowest BCUT2D eigenvalue weighted by molar-refractivity contribution is -0.905. The minimum Gasteiger partial charge on any atom is -0.491 e. The largest absolute Gasteiger partial charge is 0.491 e. The quantitative estimate of drug-likeness (QED) is 0.0830. The van der Waals surface area contributed by atoms with E-state index in [9.17, 15) is 4.79 Å². The summed E-state index contributed by atoms with van der Waals surface area (Å²) in [6, 6.07) is 19.0. The minimum atomic E-state index is -0.150. The summed E-state index contributed by atoms with van der Waals surface area (Å²) in [6.45, 7) is 8.30. The Balaban J connectivity index is 1.55. The average molecular weight is 553 g/mol. The number of unbranched alkanes of at least 4 members (excludes halogenated alkanes) is 10. The molecule has 0 saturated carbocycles. The van der Waals surface area contributed by atoms with Crippen LogP contribution in [0.25, 0.3) is 0 Å². The first kappa shape index (κ1) is 33.9. The molecule has 0 fully saturated rings. The molecule has 0 aliphatic carbocycles. The number of rotatable bonds is 22. The number of carbonyl (C=O) groups is 1. The number of hydrogen-bond donors (Lipinski definition) is 0. The first-order valence-electron chi connectivity index (χ1n) is 16.1. The van der Waals surface area contributed by atoms with Gasteiger partial charge in [-0.25, -0.2) is 0 Å². The van der Waals surface area contributed by atoms with E-state index in [2.05, 4.69) is 69.6 Å². The average Bonchev–Trinajstić information content (AvgIpc) is 2.92. The molecule has 2 aromatic carbocycles. The highest BCUT2D eigenvalue weighted by atomic mass is 16.5. The molecule has 0 radical (unpaired) electrons. The Morgan fingerprint density at radius 3 is 1.93 bits per heavy atom. The molecule has 0 aromatic heterocycles. The summed E-state index contributed by atoms with van der Waals surface area (Å²) < 4.78 is 12.4. The molecule has 40 heavy (non-hydrogen) atoms. The third-order valence-corrected chi connectivity index (χ3v) is 7.72. The van der Waals surface area contributed by atoms with Gasteiger partial charge in [-0.2, -0.15) is 0 Å². The van der Waals surface area contributed by atoms with E-state index in [-0.39, 0.29) is 18.0 Å². The number of esters is 1. The molecule has 2 unspecified atom stereocenters. The minimum absolute atomic E-state index is 0.00842. The molecule has 2 atom stereocenters. The third kappa shape index (κ3) is 15.5. The van der Waals surface area contributed by atoms with Gasteiger partial charge in [-0.1, -0.05) is 114 Å². The van der Waals surface area contributed by atoms with Crippen molar-refractivity contribution in [1.29, 1.82) is 0 Å². The van der Waals surface area contributed by atoms with Crippen molar-refractivity contribution < 1.29 is 18.8 Å². The van der Waals surface area contributed by atoms with Crippen LogP contribution in [0.15, 0.2) is 54.6 Å². The van der Waals surface area contributed by atoms with E-state index in [4.69, 9.17) is 9.47 Å². The fourth-order valence-corrected chi connectivity index (χ4v) is 5.45. The highest BCUT2D eigenvalue weighted by Crippen LogP contribution is 2.18. The summed E-state index contributed by atoms with van der Waals surface area (Å²) in [4.78, 5) is 12.6. The molecule has 0 heterocycles. The van der Waals surface area contributed by atoms with Crippen molar-refractivity contribution in [3.05, 3.63) is 65.7 Å². The SMILES string of the molecule is CCCCCCCCCCCCCc1ccc(OC(C)CCOC(=O)C(C)C[N+](C)(C)Cc2ccccc2)cc1. The Morgan fingerprint density at radius 1 is 0.750 bits per heavy atom. The lowest BCUT2D eigenvalue weighted by atomic mass is 10.0. The van der Waals surface area contributed by atoms with Crippen molar-refractivity contribution in [1.82, 2.24) is 0 Å². The van der Waals surface area contributed by atoms with Crippen LogP contribution in [-0.2, 0) is 22.5 Å². The number of hydrogen-bond acceptors (Lipinski definition) is 3. The number of ether oxygens (including phenoxy) is 2. The van der Waals surface area contributed by atoms with Gasteiger partial charge in [0.05, 0.1) is 33.4 Å². The highest BCUT2D eigenvalue weighted by molar-refractivity contribution is 5.72. The molecular formula is C36H58NO3+. The van der Waals surface area contributed by atoms with Gasteiger partial charge in [-0.15, -0.1) is 0 Å². The Morgan fingerprint density at radius 2 is 1.32 bits per heavy atom. The van der Waals surface area contributed by atoms with Gasteiger partial charge in [0.1, 0.15) is 18.2 Å². The summed E-state index contributed by atoms with van der Waals surface area (Å²) in [7, 11) is 4.33. The Kier molecular flexibility index (Phi) is 16.7. The Bertz CT molecular complexity index is 909. The maximum absolute atomic E-state index is 12.6. The molecule has 4 nitrogen and oxygen atoms in total. The normalized spacial score (nSPS) is 13.1. The van der Waals surface area contributed by atoms with Gasteiger partial charge in [0.2, 0.25) is 0 Å². The van der Waals surface area contributed by atoms with Gasteiger partial charge in [-0.05, 0) is 44.4 Å². The summed E-state index contributed by atoms with van der Waals surface area (Å²) in [5.41, 5.74) is 2.66. The van der Waals surface area contributed by atoms with E-state index in [1.807, 2.05) is 19.9 Å². The lowest BCUT2D eigenvalue weighted by Gasteiger charge is -2.32. The smallest absolute Gasteiger partial charge is 0.314 e. The summed E-state index contributed by atoms with van der Waals surface area (Å²) in [5.74, 6) is 0.607. The van der Waals surface area contributed by atoms with Crippen LogP contribution < -0.4 is 4.74 Å². The second kappa shape index (κ2) is 19.7. The highest BCUT2D eigenvalue weighted by Gasteiger charge is 2.25. The van der Waals surface area contributed by atoms with Crippen LogP contribution in [0.4, 0.5) is 0 Å². The van der Waals surface area contributed by atoms with Crippen LogP contribution in [0.2, 0.25) is 0 Å². The summed E-state index contributed by atoms with van der Waals surface area (Å²) in [5, 5.41) is 0. The van der Waals surface area contributed by atoms with E-state index >= 15 is 0 Å². The molecule has 224 valence electrons. The van der Waals surface area contributed by atoms with Crippen LogP contribution in [0.5, 0.6) is 5.75 Å². The maximum Gasteiger partial charge on any atom is 0.314 e. The topological polar surface area (TPSA) is 35.5 Å². The second-order valence-electron chi connectivity index (χ2n) is 12.5. The van der Waals surface area contributed by atoms with Crippen LogP contribution in [-0.4, -0.2) is 43.8 Å². The molecule has 4 heteroatoms. The molecule has 0 aliphatic rings. The summed E-state index contributed by atoms with van der Waals surface area (Å²) >= 11 is 0.